The first-order valence-corrected chi connectivity index (χ1v) is 9.04. The summed E-state index contributed by atoms with van der Waals surface area (Å²) in [4.78, 5) is 14.7. The molecule has 0 spiro atoms. The smallest absolute Gasteiger partial charge is 0.224 e. The fourth-order valence-corrected chi connectivity index (χ4v) is 3.33. The topological polar surface area (TPSA) is 32.3 Å². The van der Waals surface area contributed by atoms with E-state index in [1.807, 2.05) is 6.92 Å². The highest BCUT2D eigenvalue weighted by atomic mass is 16.1. The molecule has 0 saturated carbocycles. The lowest BCUT2D eigenvalue weighted by molar-refractivity contribution is -0.117. The Morgan fingerprint density at radius 2 is 1.84 bits per heavy atom. The number of benzene rings is 2. The molecule has 1 aliphatic rings. The molecule has 0 fully saturated rings. The average Bonchev–Trinajstić information content (AvgIpc) is 2.54. The van der Waals surface area contributed by atoms with Gasteiger partial charge in [0.1, 0.15) is 0 Å². The molecule has 0 bridgehead atoms. The Hall–Kier alpha value is -2.29. The minimum atomic E-state index is -0.00776. The molecule has 3 nitrogen and oxygen atoms in total. The molecule has 2 aromatic rings. The van der Waals surface area contributed by atoms with Crippen LogP contribution < -0.4 is 10.2 Å². The van der Waals surface area contributed by atoms with Gasteiger partial charge in [-0.25, -0.2) is 0 Å². The van der Waals surface area contributed by atoms with E-state index < -0.39 is 0 Å². The Labute approximate surface area is 151 Å². The van der Waals surface area contributed by atoms with Gasteiger partial charge in [-0.3, -0.25) is 4.79 Å². The lowest BCUT2D eigenvalue weighted by Gasteiger charge is -2.31. The molecule has 0 atom stereocenters. The highest BCUT2D eigenvalue weighted by Crippen LogP contribution is 2.29. The molecule has 0 unspecified atom stereocenters. The lowest BCUT2D eigenvalue weighted by Crippen LogP contribution is -2.30. The van der Waals surface area contributed by atoms with Crippen LogP contribution in [0.1, 0.15) is 43.9 Å². The van der Waals surface area contributed by atoms with Crippen molar-refractivity contribution in [3.8, 4) is 0 Å². The fourth-order valence-electron chi connectivity index (χ4n) is 3.33. The highest BCUT2D eigenvalue weighted by Gasteiger charge is 2.19. The van der Waals surface area contributed by atoms with Crippen LogP contribution in [0.5, 0.6) is 0 Å². The zero-order valence-electron chi connectivity index (χ0n) is 15.7. The summed E-state index contributed by atoms with van der Waals surface area (Å²) in [7, 11) is 0. The third-order valence-corrected chi connectivity index (χ3v) is 4.68. The van der Waals surface area contributed by atoms with Crippen LogP contribution in [0.3, 0.4) is 0 Å². The number of fused-ring (bicyclic) bond motifs is 1. The third kappa shape index (κ3) is 4.41. The number of rotatable bonds is 3. The molecule has 3 rings (SSSR count). The zero-order valence-corrected chi connectivity index (χ0v) is 15.7. The molecule has 132 valence electrons. The van der Waals surface area contributed by atoms with Crippen molar-refractivity contribution in [2.24, 2.45) is 5.41 Å². The first-order chi connectivity index (χ1) is 11.8. The zero-order chi connectivity index (χ0) is 18.0. The van der Waals surface area contributed by atoms with E-state index in [2.05, 4.69) is 73.5 Å². The summed E-state index contributed by atoms with van der Waals surface area (Å²) in [5.74, 6) is 0.0803. The predicted octanol–water partition coefficient (Wildman–Crippen LogP) is 4.93. The van der Waals surface area contributed by atoms with Crippen LogP contribution in [0.15, 0.2) is 42.5 Å². The number of carbonyl (C=O) groups is 1. The summed E-state index contributed by atoms with van der Waals surface area (Å²) in [5, 5.41) is 3.10. The first-order valence-electron chi connectivity index (χ1n) is 9.04. The Balaban J connectivity index is 1.77. The van der Waals surface area contributed by atoms with Crippen molar-refractivity contribution >= 4 is 17.3 Å². The Bertz CT molecular complexity index is 774. The summed E-state index contributed by atoms with van der Waals surface area (Å²) < 4.78 is 0. The molecule has 1 amide bonds. The van der Waals surface area contributed by atoms with E-state index in [4.69, 9.17) is 0 Å². The van der Waals surface area contributed by atoms with Crippen molar-refractivity contribution in [3.63, 3.8) is 0 Å². The predicted molar refractivity (Wildman–Crippen MR) is 105 cm³/mol. The highest BCUT2D eigenvalue weighted by molar-refractivity contribution is 5.92. The van der Waals surface area contributed by atoms with Gasteiger partial charge in [0.2, 0.25) is 5.91 Å². The van der Waals surface area contributed by atoms with Crippen molar-refractivity contribution in [1.82, 2.24) is 0 Å². The molecule has 0 saturated heterocycles. The second kappa shape index (κ2) is 6.91. The Morgan fingerprint density at radius 3 is 2.56 bits per heavy atom. The van der Waals surface area contributed by atoms with E-state index in [0.29, 0.717) is 6.42 Å². The van der Waals surface area contributed by atoms with Gasteiger partial charge in [0.05, 0.1) is 0 Å². The summed E-state index contributed by atoms with van der Waals surface area (Å²) in [6.07, 6.45) is 1.59. The monoisotopic (exact) mass is 336 g/mol. The Morgan fingerprint density at radius 1 is 1.12 bits per heavy atom. The van der Waals surface area contributed by atoms with Crippen LogP contribution in [-0.4, -0.2) is 12.5 Å². The quantitative estimate of drug-likeness (QED) is 0.861. The van der Waals surface area contributed by atoms with Gasteiger partial charge in [-0.15, -0.1) is 0 Å². The van der Waals surface area contributed by atoms with Crippen LogP contribution in [0.2, 0.25) is 0 Å². The van der Waals surface area contributed by atoms with E-state index in [9.17, 15) is 4.79 Å². The number of hydrogen-bond donors (Lipinski definition) is 1. The minimum Gasteiger partial charge on any atom is -0.367 e. The van der Waals surface area contributed by atoms with Crippen LogP contribution in [0.4, 0.5) is 11.4 Å². The molecule has 1 aliphatic heterocycles. The molecule has 1 heterocycles. The first kappa shape index (κ1) is 17.5. The maximum absolute atomic E-state index is 12.3. The van der Waals surface area contributed by atoms with Crippen LogP contribution in [-0.2, 0) is 17.8 Å². The fraction of sp³-hybridized carbons (Fsp3) is 0.409. The van der Waals surface area contributed by atoms with Crippen LogP contribution in [0.25, 0.3) is 0 Å². The largest absolute Gasteiger partial charge is 0.367 e. The van der Waals surface area contributed by atoms with Crippen molar-refractivity contribution in [1.29, 1.82) is 0 Å². The van der Waals surface area contributed by atoms with Gasteiger partial charge in [0.15, 0.2) is 0 Å². The maximum Gasteiger partial charge on any atom is 0.224 e. The number of hydrogen-bond acceptors (Lipinski definition) is 2. The number of anilines is 2. The van der Waals surface area contributed by atoms with Crippen molar-refractivity contribution in [2.75, 3.05) is 16.8 Å². The summed E-state index contributed by atoms with van der Waals surface area (Å²) >= 11 is 0. The van der Waals surface area contributed by atoms with Crippen molar-refractivity contribution < 1.29 is 4.79 Å². The average molecular weight is 336 g/mol. The summed E-state index contributed by atoms with van der Waals surface area (Å²) in [6.45, 7) is 10.2. The minimum absolute atomic E-state index is 0.00776. The molecular formula is C22H28N2O. The van der Waals surface area contributed by atoms with Gasteiger partial charge in [-0.05, 0) is 47.6 Å². The van der Waals surface area contributed by atoms with E-state index in [0.717, 1.165) is 30.8 Å². The lowest BCUT2D eigenvalue weighted by atomic mass is 9.92. The molecule has 25 heavy (non-hydrogen) atoms. The second-order valence-electron chi connectivity index (χ2n) is 8.23. The Kier molecular flexibility index (Phi) is 4.85. The van der Waals surface area contributed by atoms with Crippen LogP contribution in [0, 0.1) is 12.3 Å². The molecule has 0 aromatic heterocycles. The number of nitrogens with one attached hydrogen (secondary N) is 1. The van der Waals surface area contributed by atoms with E-state index in [-0.39, 0.29) is 11.3 Å². The summed E-state index contributed by atoms with van der Waals surface area (Å²) in [5.41, 5.74) is 6.03. The molecule has 0 radical (unpaired) electrons. The molecular weight excluding hydrogens is 308 g/mol. The van der Waals surface area contributed by atoms with Gasteiger partial charge in [0, 0.05) is 30.9 Å². The normalized spacial score (nSPS) is 14.2. The van der Waals surface area contributed by atoms with E-state index in [1.54, 1.807) is 0 Å². The van der Waals surface area contributed by atoms with Crippen molar-refractivity contribution in [3.05, 3.63) is 59.2 Å². The number of aryl methyl sites for hydroxylation is 1. The summed E-state index contributed by atoms with van der Waals surface area (Å²) in [6, 6.07) is 15.0. The van der Waals surface area contributed by atoms with E-state index in [1.165, 1.54) is 16.8 Å². The molecule has 0 aliphatic carbocycles. The SMILES string of the molecule is Cc1ccc(N2CCc3ccccc3C2)cc1NC(=O)CC(C)(C)C. The van der Waals surface area contributed by atoms with Crippen LogP contribution >= 0.6 is 0 Å². The van der Waals surface area contributed by atoms with Gasteiger partial charge >= 0.3 is 0 Å². The number of amides is 1. The second-order valence-corrected chi connectivity index (χ2v) is 8.23. The maximum atomic E-state index is 12.3. The molecule has 2 aromatic carbocycles. The van der Waals surface area contributed by atoms with Crippen molar-refractivity contribution in [2.45, 2.75) is 47.1 Å². The molecule has 3 heteroatoms. The van der Waals surface area contributed by atoms with Gasteiger partial charge in [-0.1, -0.05) is 51.1 Å². The standard InChI is InChI=1S/C22H28N2O/c1-16-9-10-19(13-20(16)23-21(25)14-22(2,3)4)24-12-11-17-7-5-6-8-18(17)15-24/h5-10,13H,11-12,14-15H2,1-4H3,(H,23,25). The third-order valence-electron chi connectivity index (χ3n) is 4.68. The van der Waals surface area contributed by atoms with Gasteiger partial charge < -0.3 is 10.2 Å². The van der Waals surface area contributed by atoms with E-state index >= 15 is 0 Å². The molecule has 1 N–H and O–H groups in total. The van der Waals surface area contributed by atoms with Gasteiger partial charge in [0.25, 0.3) is 0 Å². The van der Waals surface area contributed by atoms with Gasteiger partial charge in [-0.2, -0.15) is 0 Å². The number of nitrogens with zero attached hydrogens (tertiary/aromatic N) is 1. The number of carbonyl (C=O) groups excluding carboxylic acids is 1.